The molecule has 11 heteroatoms. The first kappa shape index (κ1) is 23.4. The van der Waals surface area contributed by atoms with Gasteiger partial charge in [0.05, 0.1) is 37.9 Å². The van der Waals surface area contributed by atoms with Crippen molar-refractivity contribution >= 4 is 17.4 Å². The lowest BCUT2D eigenvalue weighted by molar-refractivity contribution is -0.179. The van der Waals surface area contributed by atoms with Crippen molar-refractivity contribution in [2.45, 2.75) is 44.7 Å². The summed E-state index contributed by atoms with van der Waals surface area (Å²) in [4.78, 5) is 12.8. The third kappa shape index (κ3) is 4.00. The average Bonchev–Trinajstić information content (AvgIpc) is 3.06. The third-order valence-corrected chi connectivity index (χ3v) is 8.56. The number of benzene rings is 1. The second-order valence-electron chi connectivity index (χ2n) is 11.1. The monoisotopic (exact) mass is 527 g/mol. The predicted molar refractivity (Wildman–Crippen MR) is 133 cm³/mol. The topological polar surface area (TPSA) is 72.2 Å². The Morgan fingerprint density at radius 2 is 1.95 bits per heavy atom. The minimum absolute atomic E-state index is 0.112. The van der Waals surface area contributed by atoms with Crippen LogP contribution in [0.25, 0.3) is 5.69 Å². The summed E-state index contributed by atoms with van der Waals surface area (Å²) in [5.74, 6) is 0.0950. The summed E-state index contributed by atoms with van der Waals surface area (Å²) in [6.45, 7) is 4.42. The van der Waals surface area contributed by atoms with Gasteiger partial charge in [-0.3, -0.25) is 9.47 Å². The quantitative estimate of drug-likeness (QED) is 0.496. The van der Waals surface area contributed by atoms with Crippen molar-refractivity contribution in [3.63, 3.8) is 0 Å². The van der Waals surface area contributed by atoms with E-state index < -0.39 is 11.8 Å². The molecule has 1 aliphatic carbocycles. The smallest absolute Gasteiger partial charge is 0.267 e. The molecule has 0 N–H and O–H groups in total. The van der Waals surface area contributed by atoms with Gasteiger partial charge in [0.2, 0.25) is 0 Å². The molecule has 7 rings (SSSR count). The van der Waals surface area contributed by atoms with Crippen LogP contribution < -0.4 is 4.90 Å². The van der Waals surface area contributed by atoms with Gasteiger partial charge in [-0.1, -0.05) is 11.6 Å². The molecule has 0 atom stereocenters. The van der Waals surface area contributed by atoms with Crippen LogP contribution in [0, 0.1) is 18.3 Å². The van der Waals surface area contributed by atoms with E-state index in [0.29, 0.717) is 23.9 Å². The van der Waals surface area contributed by atoms with E-state index in [1.165, 1.54) is 0 Å². The zero-order valence-corrected chi connectivity index (χ0v) is 21.3. The largest absolute Gasteiger partial charge is 0.380 e. The SMILES string of the molecule is Cc1nccc(N2CC3(CC(c4nnc5n4-c4ccc(Cl)cc4CN(CC(F)(F)C4COC4)C5)C3)C2)n1. The van der Waals surface area contributed by atoms with Crippen molar-refractivity contribution in [1.82, 2.24) is 29.6 Å². The number of alkyl halides is 2. The Labute approximate surface area is 218 Å². The number of ether oxygens (including phenoxy) is 1. The molecule has 0 amide bonds. The lowest BCUT2D eigenvalue weighted by Gasteiger charge is -2.59. The van der Waals surface area contributed by atoms with Crippen molar-refractivity contribution in [1.29, 1.82) is 0 Å². The van der Waals surface area contributed by atoms with E-state index in [9.17, 15) is 8.78 Å². The third-order valence-electron chi connectivity index (χ3n) is 8.33. The van der Waals surface area contributed by atoms with E-state index >= 15 is 0 Å². The number of aromatic nitrogens is 5. The second kappa shape index (κ2) is 8.41. The van der Waals surface area contributed by atoms with Gasteiger partial charge in [-0.25, -0.2) is 18.7 Å². The number of rotatable bonds is 5. The van der Waals surface area contributed by atoms with Crippen molar-refractivity contribution in [2.24, 2.45) is 11.3 Å². The fraction of sp³-hybridized carbons (Fsp3) is 0.538. The van der Waals surface area contributed by atoms with E-state index in [1.807, 2.05) is 31.2 Å². The number of hydrogen-bond donors (Lipinski definition) is 0. The van der Waals surface area contributed by atoms with Gasteiger partial charge in [-0.05, 0) is 49.6 Å². The zero-order chi connectivity index (χ0) is 25.4. The Hall–Kier alpha value is -2.69. The molecule has 1 saturated carbocycles. The van der Waals surface area contributed by atoms with Crippen molar-refractivity contribution < 1.29 is 13.5 Å². The van der Waals surface area contributed by atoms with Gasteiger partial charge in [0.1, 0.15) is 17.5 Å². The van der Waals surface area contributed by atoms with Gasteiger partial charge in [0.25, 0.3) is 5.92 Å². The predicted octanol–water partition coefficient (Wildman–Crippen LogP) is 4.00. The Bertz CT molecular complexity index is 1350. The maximum Gasteiger partial charge on any atom is 0.267 e. The van der Waals surface area contributed by atoms with Gasteiger partial charge >= 0.3 is 0 Å². The number of hydrogen-bond acceptors (Lipinski definition) is 7. The molecular weight excluding hydrogens is 500 g/mol. The molecule has 3 fully saturated rings. The van der Waals surface area contributed by atoms with Gasteiger partial charge in [-0.15, -0.1) is 10.2 Å². The van der Waals surface area contributed by atoms with Gasteiger partial charge in [0.15, 0.2) is 5.82 Å². The lowest BCUT2D eigenvalue weighted by atomic mass is 9.57. The van der Waals surface area contributed by atoms with Gasteiger partial charge < -0.3 is 9.64 Å². The first-order valence-corrected chi connectivity index (χ1v) is 13.1. The summed E-state index contributed by atoms with van der Waals surface area (Å²) < 4.78 is 37.0. The van der Waals surface area contributed by atoms with Crippen molar-refractivity contribution in [3.05, 3.63) is 58.5 Å². The highest BCUT2D eigenvalue weighted by Gasteiger charge is 2.54. The van der Waals surface area contributed by atoms with Gasteiger partial charge in [-0.2, -0.15) is 0 Å². The van der Waals surface area contributed by atoms with E-state index in [1.54, 1.807) is 11.1 Å². The Kier molecular flexibility index (Phi) is 5.32. The minimum atomic E-state index is -2.83. The van der Waals surface area contributed by atoms with Crippen LogP contribution in [0.2, 0.25) is 5.02 Å². The second-order valence-corrected chi connectivity index (χ2v) is 11.6. The van der Waals surface area contributed by atoms with E-state index in [4.69, 9.17) is 16.3 Å². The Morgan fingerprint density at radius 3 is 2.68 bits per heavy atom. The maximum atomic E-state index is 14.9. The fourth-order valence-electron chi connectivity index (χ4n) is 6.35. The first-order valence-electron chi connectivity index (χ1n) is 12.7. The molecule has 194 valence electrons. The summed E-state index contributed by atoms with van der Waals surface area (Å²) in [6.07, 6.45) is 3.86. The van der Waals surface area contributed by atoms with Crippen LogP contribution in [-0.2, 0) is 17.8 Å². The lowest BCUT2D eigenvalue weighted by Crippen LogP contribution is -2.62. The van der Waals surface area contributed by atoms with Crippen LogP contribution in [-0.4, -0.2) is 68.4 Å². The highest BCUT2D eigenvalue weighted by molar-refractivity contribution is 6.30. The molecule has 0 radical (unpaired) electrons. The number of aryl methyl sites for hydroxylation is 1. The summed E-state index contributed by atoms with van der Waals surface area (Å²) in [7, 11) is 0. The molecule has 8 nitrogen and oxygen atoms in total. The standard InChI is InChI=1S/C26H28ClF2N7O/c1-16-30-5-4-22(31-16)35-13-25(14-35)7-18(8-25)24-33-32-23-10-34(15-26(28,29)19-11-37-12-19)9-17-6-20(27)2-3-21(17)36(23)24/h2-6,18-19H,7-15H2,1H3. The fourth-order valence-corrected chi connectivity index (χ4v) is 6.54. The Morgan fingerprint density at radius 1 is 1.14 bits per heavy atom. The molecule has 0 unspecified atom stereocenters. The van der Waals surface area contributed by atoms with E-state index in [2.05, 4.69) is 29.6 Å². The molecule has 37 heavy (non-hydrogen) atoms. The average molecular weight is 528 g/mol. The highest BCUT2D eigenvalue weighted by Crippen LogP contribution is 2.56. The Balaban J connectivity index is 1.12. The molecule has 5 heterocycles. The first-order chi connectivity index (χ1) is 17.8. The van der Waals surface area contributed by atoms with Crippen LogP contribution in [0.1, 0.15) is 41.8 Å². The summed E-state index contributed by atoms with van der Waals surface area (Å²) in [5, 5.41) is 9.70. The van der Waals surface area contributed by atoms with Crippen LogP contribution in [0.5, 0.6) is 0 Å². The molecule has 3 aromatic rings. The molecular formula is C26H28ClF2N7O. The number of anilines is 1. The molecule has 1 aromatic carbocycles. The van der Waals surface area contributed by atoms with E-state index in [0.717, 1.165) is 54.6 Å². The molecule has 2 aromatic heterocycles. The molecule has 4 aliphatic rings. The van der Waals surface area contributed by atoms with Crippen LogP contribution in [0.3, 0.4) is 0 Å². The molecule has 2 saturated heterocycles. The molecule has 3 aliphatic heterocycles. The summed E-state index contributed by atoms with van der Waals surface area (Å²) in [5.41, 5.74) is 2.11. The number of fused-ring (bicyclic) bond motifs is 3. The van der Waals surface area contributed by atoms with E-state index in [-0.39, 0.29) is 31.1 Å². The van der Waals surface area contributed by atoms with Crippen molar-refractivity contribution in [3.8, 4) is 5.69 Å². The van der Waals surface area contributed by atoms with Crippen molar-refractivity contribution in [2.75, 3.05) is 37.7 Å². The van der Waals surface area contributed by atoms with Gasteiger partial charge in [0, 0.05) is 42.2 Å². The summed E-state index contributed by atoms with van der Waals surface area (Å²) in [6, 6.07) is 7.65. The molecule has 1 spiro atoms. The minimum Gasteiger partial charge on any atom is -0.380 e. The number of halogens is 3. The highest BCUT2D eigenvalue weighted by atomic mass is 35.5. The number of nitrogens with zero attached hydrogens (tertiary/aromatic N) is 7. The van der Waals surface area contributed by atoms with Crippen LogP contribution in [0.15, 0.2) is 30.5 Å². The van der Waals surface area contributed by atoms with Crippen LogP contribution >= 0.6 is 11.6 Å². The van der Waals surface area contributed by atoms with Crippen LogP contribution in [0.4, 0.5) is 14.6 Å². The zero-order valence-electron chi connectivity index (χ0n) is 20.6. The molecule has 0 bridgehead atoms. The summed E-state index contributed by atoms with van der Waals surface area (Å²) >= 11 is 6.33. The maximum absolute atomic E-state index is 14.9. The normalized spacial score (nSPS) is 21.6.